The molecule has 27 nitrogen and oxygen atoms in total. The summed E-state index contributed by atoms with van der Waals surface area (Å²) >= 11 is 8.37. The third-order valence-corrected chi connectivity index (χ3v) is 12.4. The second-order valence-electron chi connectivity index (χ2n) is 18.6. The Morgan fingerprint density at radius 2 is 1.20 bits per heavy atom. The maximum atomic E-state index is 14.1. The number of hydrogen-bond acceptors (Lipinski definition) is 16. The van der Waals surface area contributed by atoms with E-state index in [4.69, 9.17) is 27.1 Å². The van der Waals surface area contributed by atoms with Crippen LogP contribution in [0.1, 0.15) is 85.1 Å². The molecule has 32 heteroatoms. The number of phenols is 1. The van der Waals surface area contributed by atoms with Crippen LogP contribution in [-0.4, -0.2) is 171 Å². The van der Waals surface area contributed by atoms with Crippen molar-refractivity contribution in [3.63, 3.8) is 0 Å². The third kappa shape index (κ3) is 25.3. The number of aromatic hydroxyl groups is 1. The summed E-state index contributed by atoms with van der Waals surface area (Å²) in [5.41, 5.74) is 16.5. The molecule has 1 saturated heterocycles. The fourth-order valence-corrected chi connectivity index (χ4v) is 7.98. The number of nitrogens with two attached hydrogens (primary N) is 3. The number of nitrogens with one attached hydrogen (secondary N) is 8. The summed E-state index contributed by atoms with van der Waals surface area (Å²) in [5, 5.41) is 36.8. The molecule has 0 aromatic heterocycles. The Hall–Kier alpha value is -7.38. The van der Waals surface area contributed by atoms with Gasteiger partial charge in [-0.05, 0) is 55.2 Å². The van der Waals surface area contributed by atoms with Gasteiger partial charge >= 0.3 is 12.1 Å². The number of halogens is 3. The molecule has 12 amide bonds. The number of carbonyl (C=O) groups excluding carboxylic acids is 12. The zero-order chi connectivity index (χ0) is 60.5. The number of hydrogen-bond donors (Lipinski definition) is 15. The zero-order valence-corrected chi connectivity index (χ0v) is 45.8. The van der Waals surface area contributed by atoms with Gasteiger partial charge in [-0.1, -0.05) is 46.2 Å². The average molecular weight is 1170 g/mol. The van der Waals surface area contributed by atoms with Gasteiger partial charge in [0, 0.05) is 37.8 Å². The molecule has 2 rings (SSSR count). The van der Waals surface area contributed by atoms with Gasteiger partial charge < -0.3 is 74.8 Å². The number of likely N-dealkylation sites (tertiary alicyclic amines) is 1. The normalized spacial score (nSPS) is 16.0. The Bertz CT molecular complexity index is 2350. The maximum Gasteiger partial charge on any atom is 0.490 e. The van der Waals surface area contributed by atoms with E-state index in [9.17, 15) is 75.8 Å². The summed E-state index contributed by atoms with van der Waals surface area (Å²) in [6.07, 6.45) is -5.92. The molecule has 1 aromatic carbocycles. The van der Waals surface area contributed by atoms with Gasteiger partial charge in [-0.3, -0.25) is 57.5 Å². The Kier molecular flexibility index (Phi) is 29.8. The van der Waals surface area contributed by atoms with E-state index in [-0.39, 0.29) is 49.0 Å². The summed E-state index contributed by atoms with van der Waals surface area (Å²) in [6.45, 7) is 7.75. The monoisotopic (exact) mass is 1160 g/mol. The van der Waals surface area contributed by atoms with Gasteiger partial charge in [-0.15, -0.1) is 0 Å². The highest BCUT2D eigenvalue weighted by Crippen LogP contribution is 2.21. The van der Waals surface area contributed by atoms with Crippen molar-refractivity contribution in [1.82, 2.24) is 47.4 Å². The Labute approximate surface area is 463 Å². The van der Waals surface area contributed by atoms with Crippen LogP contribution in [0.5, 0.6) is 5.75 Å². The molecule has 0 saturated carbocycles. The first-order valence-electron chi connectivity index (χ1n) is 24.6. The number of carboxylic acids is 1. The first kappa shape index (κ1) is 69.6. The van der Waals surface area contributed by atoms with Crippen molar-refractivity contribution in [3.05, 3.63) is 29.8 Å². The van der Waals surface area contributed by atoms with E-state index < -0.39 is 163 Å². The van der Waals surface area contributed by atoms with Gasteiger partial charge in [-0.25, -0.2) is 4.79 Å². The van der Waals surface area contributed by atoms with Gasteiger partial charge in [0.2, 0.25) is 70.9 Å². The molecular formula is C47H71F3N12O15S2. The number of primary amides is 3. The number of benzene rings is 1. The fraction of sp³-hybridized carbons (Fsp3) is 0.596. The van der Waals surface area contributed by atoms with E-state index >= 15 is 0 Å². The van der Waals surface area contributed by atoms with E-state index in [0.29, 0.717) is 18.4 Å². The summed E-state index contributed by atoms with van der Waals surface area (Å²) in [6, 6.07) is -5.18. The molecule has 16 N–H and O–H groups in total. The lowest BCUT2D eigenvalue weighted by molar-refractivity contribution is -0.192. The number of carboxylic acid groups (broad SMARTS) is 1. The molecule has 79 heavy (non-hydrogen) atoms. The van der Waals surface area contributed by atoms with Crippen molar-refractivity contribution in [2.45, 2.75) is 140 Å². The lowest BCUT2D eigenvalue weighted by Gasteiger charge is -2.31. The number of aliphatic carboxylic acids is 1. The zero-order valence-electron chi connectivity index (χ0n) is 44.0. The second kappa shape index (κ2) is 33.8. The SMILES string of the molecule is CC[C@H](C)[C@H](NC(=O)[C@H](Cc1ccc(O)cc1)NC(=O)[C@H](CS)NC(C)=O)C(=O)N[C@@H](CCC(N)=O)C(=O)N[C@@H](CC(N)=O)C(=O)N[C@@H](CS)C(=O)N1CCC[C@H]1C(=O)N[C@@H](CC(C)C)C(=O)NCC(N)=O.O=C(O)C(F)(F)F. The number of nitrogens with zero attached hydrogens (tertiary/aromatic N) is 1. The van der Waals surface area contributed by atoms with Crippen molar-refractivity contribution in [2.24, 2.45) is 29.0 Å². The Morgan fingerprint density at radius 3 is 1.70 bits per heavy atom. The summed E-state index contributed by atoms with van der Waals surface area (Å²) in [5.74, 6) is -14.1. The molecule has 0 aliphatic carbocycles. The molecule has 0 radical (unpaired) electrons. The van der Waals surface area contributed by atoms with Crippen LogP contribution in [-0.2, 0) is 68.7 Å². The highest BCUT2D eigenvalue weighted by molar-refractivity contribution is 7.80. The molecule has 442 valence electrons. The first-order valence-corrected chi connectivity index (χ1v) is 25.8. The topological polar surface area (TPSA) is 440 Å². The standard InChI is InChI=1S/C45H70N12O13S2.C2HF3O2/c1-6-23(4)37(56-41(66)29(17-25-9-11-26(59)12-10-25)52-42(67)31(20-71)50-24(5)58)44(69)51-27(13-14-34(46)60)39(64)53-30(18-35(47)61)40(65)55-32(21-72)45(70)57-15-7-8-33(57)43(68)54-28(16-22(2)3)38(63)49-19-36(48)62;3-2(4,5)1(6)7/h9-12,22-23,27-33,37,59,71-72H,6-8,13-21H2,1-5H3,(H2,46,60)(H2,47,61)(H2,48,62)(H,49,63)(H,50,58)(H,51,69)(H,52,67)(H,53,64)(H,54,68)(H,55,65)(H,56,66);(H,6,7)/t23-,27-,28-,29-,30-,31-,32-,33-,37-;/m0./s1. The van der Waals surface area contributed by atoms with Crippen molar-refractivity contribution >= 4 is 102 Å². The number of rotatable bonds is 30. The molecule has 1 aliphatic rings. The van der Waals surface area contributed by atoms with E-state index in [1.807, 2.05) is 13.8 Å². The van der Waals surface area contributed by atoms with Crippen LogP contribution in [0.25, 0.3) is 0 Å². The third-order valence-electron chi connectivity index (χ3n) is 11.7. The van der Waals surface area contributed by atoms with Crippen LogP contribution < -0.4 is 59.7 Å². The minimum Gasteiger partial charge on any atom is -0.508 e. The quantitative estimate of drug-likeness (QED) is 0.0335. The first-order chi connectivity index (χ1) is 36.8. The number of alkyl halides is 3. The second-order valence-corrected chi connectivity index (χ2v) is 19.4. The van der Waals surface area contributed by atoms with E-state index in [0.717, 1.165) is 0 Å². The predicted octanol–water partition coefficient (Wildman–Crippen LogP) is -3.33. The number of amides is 12. The van der Waals surface area contributed by atoms with Gasteiger partial charge in [0.25, 0.3) is 0 Å². The van der Waals surface area contributed by atoms with Crippen molar-refractivity contribution in [1.29, 1.82) is 0 Å². The van der Waals surface area contributed by atoms with E-state index in [2.05, 4.69) is 67.8 Å². The van der Waals surface area contributed by atoms with Crippen LogP contribution in [0.2, 0.25) is 0 Å². The van der Waals surface area contributed by atoms with Crippen LogP contribution in [0, 0.1) is 11.8 Å². The molecular weight excluding hydrogens is 1090 g/mol. The molecule has 1 aromatic rings. The van der Waals surface area contributed by atoms with Crippen molar-refractivity contribution in [2.75, 3.05) is 24.6 Å². The minimum atomic E-state index is -5.08. The van der Waals surface area contributed by atoms with Crippen LogP contribution in [0.3, 0.4) is 0 Å². The lowest BCUT2D eigenvalue weighted by Crippen LogP contribution is -2.61. The molecule has 0 bridgehead atoms. The van der Waals surface area contributed by atoms with Gasteiger partial charge in [0.05, 0.1) is 13.0 Å². The highest BCUT2D eigenvalue weighted by atomic mass is 32.1. The average Bonchev–Trinajstić information content (AvgIpc) is 3.86. The molecule has 1 aliphatic heterocycles. The molecule has 1 heterocycles. The highest BCUT2D eigenvalue weighted by Gasteiger charge is 2.41. The van der Waals surface area contributed by atoms with Crippen LogP contribution in [0.4, 0.5) is 13.2 Å². The van der Waals surface area contributed by atoms with E-state index in [1.54, 1.807) is 13.8 Å². The number of thiol groups is 2. The predicted molar refractivity (Wildman–Crippen MR) is 280 cm³/mol. The van der Waals surface area contributed by atoms with Crippen LogP contribution in [0.15, 0.2) is 24.3 Å². The maximum absolute atomic E-state index is 14.1. The number of carbonyl (C=O) groups is 13. The fourth-order valence-electron chi connectivity index (χ4n) is 7.47. The molecule has 0 unspecified atom stereocenters. The van der Waals surface area contributed by atoms with E-state index in [1.165, 1.54) is 36.1 Å². The molecule has 9 atom stereocenters. The van der Waals surface area contributed by atoms with Gasteiger partial charge in [-0.2, -0.15) is 38.4 Å². The van der Waals surface area contributed by atoms with Crippen LogP contribution >= 0.6 is 25.3 Å². The largest absolute Gasteiger partial charge is 0.508 e. The van der Waals surface area contributed by atoms with Gasteiger partial charge in [0.1, 0.15) is 54.1 Å². The smallest absolute Gasteiger partial charge is 0.490 e. The minimum absolute atomic E-state index is 0.0668. The summed E-state index contributed by atoms with van der Waals surface area (Å²) < 4.78 is 31.7. The van der Waals surface area contributed by atoms with Crippen molar-refractivity contribution < 1.29 is 85.7 Å². The Balaban J connectivity index is 0.00000415. The number of phenolic OH excluding ortho intramolecular Hbond substituents is 1. The van der Waals surface area contributed by atoms with Gasteiger partial charge in [0.15, 0.2) is 0 Å². The Morgan fingerprint density at radius 1 is 0.684 bits per heavy atom. The molecule has 1 fully saturated rings. The summed E-state index contributed by atoms with van der Waals surface area (Å²) in [7, 11) is 0. The molecule has 0 spiro atoms. The summed E-state index contributed by atoms with van der Waals surface area (Å²) in [4.78, 5) is 167. The lowest BCUT2D eigenvalue weighted by atomic mass is 9.96. The van der Waals surface area contributed by atoms with Crippen molar-refractivity contribution in [3.8, 4) is 5.75 Å².